The lowest BCUT2D eigenvalue weighted by Gasteiger charge is -2.30. The van der Waals surface area contributed by atoms with Crippen molar-refractivity contribution in [3.63, 3.8) is 0 Å². The first kappa shape index (κ1) is 96.4. The zero-order chi connectivity index (χ0) is 81.5. The van der Waals surface area contributed by atoms with Gasteiger partial charge in [0.1, 0.15) is 84.3 Å². The minimum atomic E-state index is -1.79. The van der Waals surface area contributed by atoms with E-state index in [-0.39, 0.29) is 56.9 Å². The van der Waals surface area contributed by atoms with E-state index in [4.69, 9.17) is 28.7 Å². The molecule has 0 aliphatic heterocycles. The number of aliphatic hydroxyl groups is 1. The summed E-state index contributed by atoms with van der Waals surface area (Å²) >= 11 is 0. The van der Waals surface area contributed by atoms with Gasteiger partial charge >= 0.3 is 5.97 Å². The molecule has 0 aromatic heterocycles. The van der Waals surface area contributed by atoms with Crippen molar-refractivity contribution in [3.05, 3.63) is 29.8 Å². The predicted octanol–water partition coefficient (Wildman–Crippen LogP) is -2.72. The molecule has 13 amide bonds. The number of amides is 13. The molecule has 15 atom stereocenters. The van der Waals surface area contributed by atoms with E-state index in [0.29, 0.717) is 76.4 Å². The Morgan fingerprint density at radius 1 is 0.327 bits per heavy atom. The highest BCUT2D eigenvalue weighted by atomic mass is 16.4. The number of carboxylic acids is 1. The lowest BCUT2D eigenvalue weighted by molar-refractivity contribution is -0.142. The van der Waals surface area contributed by atoms with E-state index in [1.807, 2.05) is 0 Å². The Labute approximate surface area is 629 Å². The average Bonchev–Trinajstić information content (AvgIpc) is 0.851. The van der Waals surface area contributed by atoms with Crippen molar-refractivity contribution in [3.8, 4) is 5.75 Å². The SMILES string of the molecule is CC(C)C[C@H](NC(=O)[C@@H](NC(=O)[C@H](Cc1ccc(O)cc1)NC(=O)[C@@H](NC(=O)[C@H](C)NC(=O)[C@H](C)NC(=O)[C@@H](NC(=O)[C@@H](NC(=O)[C@H](CCCCN)NC(=O)[C@H](CCCCN)NC(=O)[C@H](CCCCN)NC(=O)[C@@H](N)CCCCN)C(C)C)C(C)C)[C@@H](C)O)C(C)C)C(=O)N[C@H](C(=O)N[C@@H](C)C(=O)O)C(C)C. The van der Waals surface area contributed by atoms with Gasteiger partial charge in [-0.15, -0.1) is 0 Å². The number of phenols is 1. The molecule has 1 aromatic rings. The van der Waals surface area contributed by atoms with Crippen LogP contribution in [0, 0.1) is 29.6 Å². The first-order valence-electron chi connectivity index (χ1n) is 37.4. The van der Waals surface area contributed by atoms with E-state index in [0.717, 1.165) is 0 Å². The van der Waals surface area contributed by atoms with Gasteiger partial charge in [0.15, 0.2) is 0 Å². The molecule has 0 bridgehead atoms. The Morgan fingerprint density at radius 2 is 0.607 bits per heavy atom. The molecular formula is C72H128N18O17. The number of carboxylic acid groups (broad SMARTS) is 1. The highest BCUT2D eigenvalue weighted by Crippen LogP contribution is 2.17. The fourth-order valence-corrected chi connectivity index (χ4v) is 11.0. The van der Waals surface area contributed by atoms with Gasteiger partial charge in [-0.25, -0.2) is 0 Å². The Kier molecular flexibility index (Phi) is 45.1. The zero-order valence-corrected chi connectivity index (χ0v) is 65.0. The van der Waals surface area contributed by atoms with Gasteiger partial charge in [-0.2, -0.15) is 0 Å². The van der Waals surface area contributed by atoms with Crippen LogP contribution >= 0.6 is 0 Å². The molecular weight excluding hydrogens is 1390 g/mol. The number of carbonyl (C=O) groups excluding carboxylic acids is 13. The molecule has 35 nitrogen and oxygen atoms in total. The predicted molar refractivity (Wildman–Crippen MR) is 402 cm³/mol. The number of rotatable bonds is 52. The van der Waals surface area contributed by atoms with E-state index >= 15 is 0 Å². The molecule has 0 aliphatic rings. The second kappa shape index (κ2) is 50.1. The number of phenolic OH excluding ortho intramolecular Hbond substituents is 1. The monoisotopic (exact) mass is 1520 g/mol. The summed E-state index contributed by atoms with van der Waals surface area (Å²) < 4.78 is 0. The van der Waals surface area contributed by atoms with Crippen molar-refractivity contribution >= 4 is 82.8 Å². The maximum atomic E-state index is 14.4. The average molecular weight is 1520 g/mol. The number of nitrogens with one attached hydrogen (secondary N) is 13. The van der Waals surface area contributed by atoms with Gasteiger partial charge in [0.2, 0.25) is 76.8 Å². The second-order valence-electron chi connectivity index (χ2n) is 29.2. The standard InChI is InChI=1S/C72H128N18O17/c1-37(2)35-52(65(99)87-54(38(3)4)68(102)80-44(13)72(106)107)84-69(103)56(40(7)8)88-66(100)53(36-46-27-29-47(92)30-28-46)85-71(105)58(45(14)91)90-60(94)43(12)78-59(93)42(11)79-67(101)55(39(5)6)89-70(104)57(41(9)10)86-64(98)51(26-18-22-34-76)83-63(97)50(25-17-21-33-75)82-62(96)49(24-16-20-32-74)81-61(95)48(77)23-15-19-31-73/h27-30,37-45,48-58,91-92H,15-26,31-36,73-77H2,1-14H3,(H,78,93)(H,79,101)(H,80,102)(H,81,95)(H,82,96)(H,83,97)(H,84,103)(H,85,105)(H,86,98)(H,87,99)(H,88,100)(H,89,104)(H,90,94)(H,106,107)/t42-,43-,44-,45+,48-,49-,50-,51-,52-,53-,54-,55-,56-,57-,58-/m0/s1. The third-order valence-electron chi connectivity index (χ3n) is 17.7. The fraction of sp³-hybridized carbons (Fsp3) is 0.722. The summed E-state index contributed by atoms with van der Waals surface area (Å²) in [5.41, 5.74) is 29.5. The molecule has 0 aliphatic carbocycles. The maximum Gasteiger partial charge on any atom is 0.325 e. The molecule has 0 spiro atoms. The van der Waals surface area contributed by atoms with Crippen molar-refractivity contribution < 1.29 is 82.4 Å². The van der Waals surface area contributed by atoms with Crippen molar-refractivity contribution in [2.75, 3.05) is 26.2 Å². The summed E-state index contributed by atoms with van der Waals surface area (Å²) in [5.74, 6) is -14.7. The van der Waals surface area contributed by atoms with Gasteiger partial charge in [-0.3, -0.25) is 67.1 Å². The summed E-state index contributed by atoms with van der Waals surface area (Å²) in [6.45, 7) is 22.8. The highest BCUT2D eigenvalue weighted by Gasteiger charge is 2.39. The number of hydrogen-bond donors (Lipinski definition) is 21. The first-order chi connectivity index (χ1) is 50.2. The number of unbranched alkanes of at least 4 members (excludes halogenated alkanes) is 4. The van der Waals surface area contributed by atoms with Crippen molar-refractivity contribution in [2.45, 2.75) is 278 Å². The normalized spacial score (nSPS) is 15.7. The number of carbonyl (C=O) groups is 14. The quantitative estimate of drug-likeness (QED) is 0.0295. The number of aromatic hydroxyl groups is 1. The molecule has 1 rings (SSSR count). The van der Waals surface area contributed by atoms with Crippen LogP contribution in [0.1, 0.15) is 186 Å². The largest absolute Gasteiger partial charge is 0.508 e. The van der Waals surface area contributed by atoms with E-state index in [9.17, 15) is 82.4 Å². The molecule has 35 heteroatoms. The molecule has 608 valence electrons. The number of aliphatic carboxylic acids is 1. The van der Waals surface area contributed by atoms with Crippen LogP contribution < -0.4 is 97.8 Å². The summed E-state index contributed by atoms with van der Waals surface area (Å²) in [5, 5.41) is 64.2. The third kappa shape index (κ3) is 35.8. The van der Waals surface area contributed by atoms with Crippen LogP contribution in [0.2, 0.25) is 0 Å². The highest BCUT2D eigenvalue weighted by molar-refractivity contribution is 6.00. The van der Waals surface area contributed by atoms with Crippen molar-refractivity contribution in [1.29, 1.82) is 0 Å². The minimum Gasteiger partial charge on any atom is -0.508 e. The van der Waals surface area contributed by atoms with Gasteiger partial charge in [0.25, 0.3) is 0 Å². The topological polar surface area (TPSA) is 586 Å². The Balaban J connectivity index is 3.41. The molecule has 107 heavy (non-hydrogen) atoms. The molecule has 0 unspecified atom stereocenters. The van der Waals surface area contributed by atoms with Crippen molar-refractivity contribution in [2.24, 2.45) is 58.3 Å². The third-order valence-corrected chi connectivity index (χ3v) is 17.7. The second-order valence-corrected chi connectivity index (χ2v) is 29.2. The molecule has 0 saturated carbocycles. The van der Waals surface area contributed by atoms with Crippen LogP contribution in [0.3, 0.4) is 0 Å². The maximum absolute atomic E-state index is 14.4. The number of aliphatic hydroxyl groups excluding tert-OH is 1. The molecule has 0 heterocycles. The molecule has 0 radical (unpaired) electrons. The fourth-order valence-electron chi connectivity index (χ4n) is 11.0. The van der Waals surface area contributed by atoms with Gasteiger partial charge < -0.3 is 113 Å². The van der Waals surface area contributed by atoms with Crippen LogP contribution in [0.4, 0.5) is 0 Å². The number of benzene rings is 1. The Bertz CT molecular complexity index is 3030. The van der Waals surface area contributed by atoms with Gasteiger partial charge in [0, 0.05) is 6.42 Å². The summed E-state index contributed by atoms with van der Waals surface area (Å²) in [6, 6.07) is -12.8. The van der Waals surface area contributed by atoms with Crippen LogP contribution in [0.15, 0.2) is 24.3 Å². The van der Waals surface area contributed by atoms with Crippen molar-refractivity contribution in [1.82, 2.24) is 69.1 Å². The lowest BCUT2D eigenvalue weighted by Crippen LogP contribution is -2.62. The summed E-state index contributed by atoms with van der Waals surface area (Å²) in [7, 11) is 0. The lowest BCUT2D eigenvalue weighted by atomic mass is 9.97. The van der Waals surface area contributed by atoms with Crippen LogP contribution in [-0.2, 0) is 73.5 Å². The van der Waals surface area contributed by atoms with E-state index < -0.39 is 197 Å². The smallest absolute Gasteiger partial charge is 0.325 e. The molecule has 1 aromatic carbocycles. The van der Waals surface area contributed by atoms with E-state index in [1.54, 1.807) is 69.2 Å². The van der Waals surface area contributed by atoms with E-state index in [1.165, 1.54) is 52.0 Å². The van der Waals surface area contributed by atoms with Gasteiger partial charge in [-0.05, 0) is 178 Å². The Hall–Kier alpha value is -8.64. The molecule has 26 N–H and O–H groups in total. The van der Waals surface area contributed by atoms with Gasteiger partial charge in [0.05, 0.1) is 12.1 Å². The zero-order valence-electron chi connectivity index (χ0n) is 65.0. The van der Waals surface area contributed by atoms with Crippen LogP contribution in [0.25, 0.3) is 0 Å². The first-order valence-corrected chi connectivity index (χ1v) is 37.4. The minimum absolute atomic E-state index is 0.0613. The summed E-state index contributed by atoms with van der Waals surface area (Å²) in [4.78, 5) is 193. The molecule has 0 fully saturated rings. The van der Waals surface area contributed by atoms with Crippen LogP contribution in [0.5, 0.6) is 5.75 Å². The number of nitrogens with two attached hydrogens (primary N) is 5. The van der Waals surface area contributed by atoms with Gasteiger partial charge in [-0.1, -0.05) is 87.8 Å². The molecule has 0 saturated heterocycles. The van der Waals surface area contributed by atoms with Crippen LogP contribution in [-0.4, -0.2) is 215 Å². The number of hydrogen-bond acceptors (Lipinski definition) is 21. The van der Waals surface area contributed by atoms with E-state index in [2.05, 4.69) is 69.1 Å². The Morgan fingerprint density at radius 3 is 0.981 bits per heavy atom. The summed E-state index contributed by atoms with van der Waals surface area (Å²) in [6.07, 6.45) is 2.81.